The van der Waals surface area contributed by atoms with Gasteiger partial charge in [-0.3, -0.25) is 9.59 Å². The van der Waals surface area contributed by atoms with E-state index in [0.717, 1.165) is 42.7 Å². The second-order valence-electron chi connectivity index (χ2n) is 7.25. The molecule has 1 heterocycles. The van der Waals surface area contributed by atoms with Crippen LogP contribution >= 0.6 is 0 Å². The lowest BCUT2D eigenvalue weighted by molar-refractivity contribution is -0.119. The SMILES string of the molecule is CC(=O)N1CCc2cc(NC(=O)CC3(CN)CCCCC3)ccc21. The predicted octanol–water partition coefficient (Wildman–Crippen LogP) is 2.83. The number of nitrogens with zero attached hydrogens (tertiary/aromatic N) is 1. The van der Waals surface area contributed by atoms with E-state index in [9.17, 15) is 9.59 Å². The molecule has 1 aliphatic heterocycles. The lowest BCUT2D eigenvalue weighted by atomic mass is 9.71. The third-order valence-corrected chi connectivity index (χ3v) is 5.52. The molecule has 0 bridgehead atoms. The number of fused-ring (bicyclic) bond motifs is 1. The van der Waals surface area contributed by atoms with Crippen molar-refractivity contribution >= 4 is 23.2 Å². The first-order valence-corrected chi connectivity index (χ1v) is 8.94. The Labute approximate surface area is 143 Å². The number of rotatable bonds is 4. The molecule has 0 aromatic heterocycles. The van der Waals surface area contributed by atoms with Gasteiger partial charge in [0.15, 0.2) is 0 Å². The third kappa shape index (κ3) is 3.46. The quantitative estimate of drug-likeness (QED) is 0.892. The Morgan fingerprint density at radius 1 is 1.25 bits per heavy atom. The summed E-state index contributed by atoms with van der Waals surface area (Å²) in [4.78, 5) is 25.9. The average molecular weight is 329 g/mol. The second kappa shape index (κ2) is 6.93. The number of carbonyl (C=O) groups excluding carboxylic acids is 2. The van der Waals surface area contributed by atoms with Gasteiger partial charge in [-0.15, -0.1) is 0 Å². The van der Waals surface area contributed by atoms with Crippen LogP contribution in [0.15, 0.2) is 18.2 Å². The average Bonchev–Trinajstić information content (AvgIpc) is 2.99. The molecule has 5 nitrogen and oxygen atoms in total. The van der Waals surface area contributed by atoms with E-state index in [2.05, 4.69) is 5.32 Å². The van der Waals surface area contributed by atoms with Crippen molar-refractivity contribution in [3.8, 4) is 0 Å². The first kappa shape index (κ1) is 17.0. The van der Waals surface area contributed by atoms with Gasteiger partial charge in [-0.1, -0.05) is 19.3 Å². The van der Waals surface area contributed by atoms with E-state index in [0.29, 0.717) is 13.0 Å². The van der Waals surface area contributed by atoms with Crippen molar-refractivity contribution in [3.63, 3.8) is 0 Å². The van der Waals surface area contributed by atoms with Crippen LogP contribution < -0.4 is 16.0 Å². The maximum atomic E-state index is 12.5. The number of nitrogens with one attached hydrogen (secondary N) is 1. The molecular formula is C19H27N3O2. The maximum absolute atomic E-state index is 12.5. The molecule has 0 spiro atoms. The first-order valence-electron chi connectivity index (χ1n) is 8.94. The van der Waals surface area contributed by atoms with Crippen molar-refractivity contribution in [2.24, 2.45) is 11.1 Å². The molecule has 2 aliphatic rings. The van der Waals surface area contributed by atoms with Crippen molar-refractivity contribution in [2.45, 2.75) is 51.9 Å². The highest BCUT2D eigenvalue weighted by Crippen LogP contribution is 2.38. The molecule has 1 saturated carbocycles. The van der Waals surface area contributed by atoms with Crippen LogP contribution in [0.3, 0.4) is 0 Å². The number of hydrogen-bond donors (Lipinski definition) is 2. The van der Waals surface area contributed by atoms with Crippen LogP contribution in [-0.2, 0) is 16.0 Å². The highest BCUT2D eigenvalue weighted by molar-refractivity contribution is 5.95. The summed E-state index contributed by atoms with van der Waals surface area (Å²) < 4.78 is 0. The van der Waals surface area contributed by atoms with Gasteiger partial charge in [-0.05, 0) is 55.0 Å². The summed E-state index contributed by atoms with van der Waals surface area (Å²) >= 11 is 0. The predicted molar refractivity (Wildman–Crippen MR) is 96.0 cm³/mol. The van der Waals surface area contributed by atoms with Gasteiger partial charge in [0.05, 0.1) is 0 Å². The van der Waals surface area contributed by atoms with E-state index in [1.807, 2.05) is 18.2 Å². The van der Waals surface area contributed by atoms with Gasteiger partial charge in [0.1, 0.15) is 0 Å². The molecule has 1 aromatic rings. The highest BCUT2D eigenvalue weighted by atomic mass is 16.2. The van der Waals surface area contributed by atoms with E-state index < -0.39 is 0 Å². The Bertz CT molecular complexity index is 635. The summed E-state index contributed by atoms with van der Waals surface area (Å²) in [5.41, 5.74) is 8.85. The summed E-state index contributed by atoms with van der Waals surface area (Å²) in [7, 11) is 0. The Balaban J connectivity index is 1.66. The van der Waals surface area contributed by atoms with Crippen molar-refractivity contribution in [2.75, 3.05) is 23.3 Å². The molecule has 2 amide bonds. The van der Waals surface area contributed by atoms with E-state index >= 15 is 0 Å². The Morgan fingerprint density at radius 3 is 2.67 bits per heavy atom. The Hall–Kier alpha value is -1.88. The van der Waals surface area contributed by atoms with Gasteiger partial charge < -0.3 is 16.0 Å². The van der Waals surface area contributed by atoms with Crippen LogP contribution in [0.2, 0.25) is 0 Å². The number of amides is 2. The van der Waals surface area contributed by atoms with Gasteiger partial charge in [-0.2, -0.15) is 0 Å². The van der Waals surface area contributed by atoms with Crippen molar-refractivity contribution in [1.29, 1.82) is 0 Å². The molecule has 130 valence electrons. The second-order valence-corrected chi connectivity index (χ2v) is 7.25. The minimum Gasteiger partial charge on any atom is -0.330 e. The zero-order chi connectivity index (χ0) is 17.2. The molecule has 0 atom stereocenters. The summed E-state index contributed by atoms with van der Waals surface area (Å²) in [6.45, 7) is 2.89. The minimum absolute atomic E-state index is 0.0233. The molecule has 3 rings (SSSR count). The molecule has 1 aromatic carbocycles. The van der Waals surface area contributed by atoms with Gasteiger partial charge in [-0.25, -0.2) is 0 Å². The molecular weight excluding hydrogens is 302 g/mol. The normalized spacial score (nSPS) is 19.0. The molecule has 5 heteroatoms. The fourth-order valence-electron chi connectivity index (χ4n) is 4.11. The van der Waals surface area contributed by atoms with Crippen LogP contribution in [0.4, 0.5) is 11.4 Å². The van der Waals surface area contributed by atoms with Crippen molar-refractivity contribution in [1.82, 2.24) is 0 Å². The fraction of sp³-hybridized carbons (Fsp3) is 0.579. The van der Waals surface area contributed by atoms with Gasteiger partial charge >= 0.3 is 0 Å². The number of carbonyl (C=O) groups is 2. The van der Waals surface area contributed by atoms with E-state index in [1.54, 1.807) is 11.8 Å². The molecule has 0 saturated heterocycles. The lowest BCUT2D eigenvalue weighted by Gasteiger charge is -2.35. The number of anilines is 2. The summed E-state index contributed by atoms with van der Waals surface area (Å²) in [6.07, 6.45) is 7.03. The molecule has 0 radical (unpaired) electrons. The molecule has 3 N–H and O–H groups in total. The lowest BCUT2D eigenvalue weighted by Crippen LogP contribution is -2.36. The van der Waals surface area contributed by atoms with E-state index in [4.69, 9.17) is 5.73 Å². The highest BCUT2D eigenvalue weighted by Gasteiger charge is 2.33. The Morgan fingerprint density at radius 2 is 2.00 bits per heavy atom. The van der Waals surface area contributed by atoms with Crippen LogP contribution in [0, 0.1) is 5.41 Å². The maximum Gasteiger partial charge on any atom is 0.224 e. The standard InChI is InChI=1S/C19H27N3O2/c1-14(23)22-10-7-15-11-16(5-6-17(15)22)21-18(24)12-19(13-20)8-3-2-4-9-19/h5-6,11H,2-4,7-10,12-13,20H2,1H3,(H,21,24). The van der Waals surface area contributed by atoms with Crippen LogP contribution in [0.1, 0.15) is 51.0 Å². The minimum atomic E-state index is -0.0233. The van der Waals surface area contributed by atoms with Crippen molar-refractivity contribution < 1.29 is 9.59 Å². The summed E-state index contributed by atoms with van der Waals surface area (Å²) in [5.74, 6) is 0.108. The van der Waals surface area contributed by atoms with Gasteiger partial charge in [0.2, 0.25) is 11.8 Å². The van der Waals surface area contributed by atoms with Crippen molar-refractivity contribution in [3.05, 3.63) is 23.8 Å². The topological polar surface area (TPSA) is 75.4 Å². The van der Waals surface area contributed by atoms with E-state index in [-0.39, 0.29) is 17.2 Å². The Kier molecular flexibility index (Phi) is 4.90. The summed E-state index contributed by atoms with van der Waals surface area (Å²) in [6, 6.07) is 5.80. The zero-order valence-corrected chi connectivity index (χ0v) is 14.4. The molecule has 1 fully saturated rings. The number of nitrogens with two attached hydrogens (primary N) is 1. The summed E-state index contributed by atoms with van der Waals surface area (Å²) in [5, 5.41) is 3.02. The smallest absolute Gasteiger partial charge is 0.224 e. The molecule has 24 heavy (non-hydrogen) atoms. The van der Waals surface area contributed by atoms with E-state index in [1.165, 1.54) is 19.3 Å². The third-order valence-electron chi connectivity index (χ3n) is 5.52. The van der Waals surface area contributed by atoms with Crippen LogP contribution in [-0.4, -0.2) is 24.9 Å². The first-order chi connectivity index (χ1) is 11.5. The molecule has 0 unspecified atom stereocenters. The molecule has 1 aliphatic carbocycles. The number of hydrogen-bond acceptors (Lipinski definition) is 3. The zero-order valence-electron chi connectivity index (χ0n) is 14.4. The van der Waals surface area contributed by atoms with Gasteiger partial charge in [0.25, 0.3) is 0 Å². The fourth-order valence-corrected chi connectivity index (χ4v) is 4.11. The largest absolute Gasteiger partial charge is 0.330 e. The number of benzene rings is 1. The van der Waals surface area contributed by atoms with Crippen LogP contribution in [0.25, 0.3) is 0 Å². The monoisotopic (exact) mass is 329 g/mol. The van der Waals surface area contributed by atoms with Crippen LogP contribution in [0.5, 0.6) is 0 Å². The van der Waals surface area contributed by atoms with Gasteiger partial charge in [0, 0.05) is 31.3 Å².